The molecule has 0 bridgehead atoms. The standard InChI is InChI=1S/C18H24N4O4/c1-19(2)17(24)21-10-8-20(9-11-21)16(23)12-22-15(13-26-18(22)25)14-6-4-3-5-7-14/h3-7,15H,8-13H2,1-2H3. The van der Waals surface area contributed by atoms with Crippen molar-refractivity contribution in [2.24, 2.45) is 0 Å². The van der Waals surface area contributed by atoms with Crippen LogP contribution in [0.5, 0.6) is 0 Å². The van der Waals surface area contributed by atoms with E-state index >= 15 is 0 Å². The number of carbonyl (C=O) groups is 3. The molecule has 1 aromatic carbocycles. The van der Waals surface area contributed by atoms with Crippen molar-refractivity contribution in [3.05, 3.63) is 35.9 Å². The summed E-state index contributed by atoms with van der Waals surface area (Å²) in [5.41, 5.74) is 0.951. The van der Waals surface area contributed by atoms with E-state index in [1.807, 2.05) is 30.3 Å². The lowest BCUT2D eigenvalue weighted by Gasteiger charge is -2.36. The fraction of sp³-hybridized carbons (Fsp3) is 0.500. The number of amides is 4. The van der Waals surface area contributed by atoms with Crippen LogP contribution < -0.4 is 0 Å². The number of ether oxygens (including phenoxy) is 1. The summed E-state index contributed by atoms with van der Waals surface area (Å²) in [6.07, 6.45) is -0.464. The van der Waals surface area contributed by atoms with Crippen LogP contribution >= 0.6 is 0 Å². The molecule has 1 unspecified atom stereocenters. The topological polar surface area (TPSA) is 73.4 Å². The highest BCUT2D eigenvalue weighted by Crippen LogP contribution is 2.27. The van der Waals surface area contributed by atoms with Crippen LogP contribution in [0, 0.1) is 0 Å². The number of benzene rings is 1. The van der Waals surface area contributed by atoms with E-state index in [-0.39, 0.29) is 31.1 Å². The summed E-state index contributed by atoms with van der Waals surface area (Å²) in [5.74, 6) is -0.123. The van der Waals surface area contributed by atoms with Gasteiger partial charge in [0.15, 0.2) is 0 Å². The van der Waals surface area contributed by atoms with Gasteiger partial charge < -0.3 is 19.4 Å². The Labute approximate surface area is 152 Å². The Balaban J connectivity index is 1.59. The van der Waals surface area contributed by atoms with Crippen LogP contribution in [0.15, 0.2) is 30.3 Å². The van der Waals surface area contributed by atoms with Crippen molar-refractivity contribution in [3.8, 4) is 0 Å². The van der Waals surface area contributed by atoms with E-state index in [9.17, 15) is 14.4 Å². The van der Waals surface area contributed by atoms with Gasteiger partial charge in [-0.3, -0.25) is 9.69 Å². The number of rotatable bonds is 3. The van der Waals surface area contributed by atoms with Crippen molar-refractivity contribution in [1.29, 1.82) is 0 Å². The van der Waals surface area contributed by atoms with Crippen molar-refractivity contribution in [3.63, 3.8) is 0 Å². The van der Waals surface area contributed by atoms with Gasteiger partial charge in [-0.1, -0.05) is 30.3 Å². The van der Waals surface area contributed by atoms with Gasteiger partial charge >= 0.3 is 12.1 Å². The summed E-state index contributed by atoms with van der Waals surface area (Å²) in [6.45, 7) is 2.17. The third-order valence-corrected chi connectivity index (χ3v) is 4.75. The Hall–Kier alpha value is -2.77. The zero-order valence-corrected chi connectivity index (χ0v) is 15.1. The van der Waals surface area contributed by atoms with Gasteiger partial charge in [0.05, 0.1) is 6.04 Å². The van der Waals surface area contributed by atoms with Gasteiger partial charge in [-0.05, 0) is 5.56 Å². The van der Waals surface area contributed by atoms with Crippen molar-refractivity contribution in [2.75, 3.05) is 53.4 Å². The van der Waals surface area contributed by atoms with Crippen LogP contribution in [0.1, 0.15) is 11.6 Å². The molecule has 4 amide bonds. The van der Waals surface area contributed by atoms with Gasteiger partial charge in [0.25, 0.3) is 0 Å². The number of hydrogen-bond acceptors (Lipinski definition) is 4. The van der Waals surface area contributed by atoms with E-state index in [2.05, 4.69) is 0 Å². The quantitative estimate of drug-likeness (QED) is 0.806. The molecule has 2 aliphatic heterocycles. The molecular formula is C18H24N4O4. The summed E-state index contributed by atoms with van der Waals surface area (Å²) in [5, 5.41) is 0. The largest absolute Gasteiger partial charge is 0.447 e. The Bertz CT molecular complexity index is 671. The first-order valence-electron chi connectivity index (χ1n) is 8.69. The Morgan fingerprint density at radius 2 is 1.69 bits per heavy atom. The summed E-state index contributed by atoms with van der Waals surface area (Å²) < 4.78 is 5.15. The number of nitrogens with zero attached hydrogens (tertiary/aromatic N) is 4. The monoisotopic (exact) mass is 360 g/mol. The molecule has 8 heteroatoms. The molecule has 8 nitrogen and oxygen atoms in total. The maximum atomic E-state index is 12.6. The average Bonchev–Trinajstić information content (AvgIpc) is 3.02. The first-order valence-corrected chi connectivity index (χ1v) is 8.69. The van der Waals surface area contributed by atoms with Crippen LogP contribution in [0.3, 0.4) is 0 Å². The normalized spacial score (nSPS) is 20.2. The third kappa shape index (κ3) is 3.74. The maximum Gasteiger partial charge on any atom is 0.410 e. The number of hydrogen-bond donors (Lipinski definition) is 0. The molecule has 3 rings (SSSR count). The van der Waals surface area contributed by atoms with Gasteiger partial charge in [0, 0.05) is 40.3 Å². The predicted octanol–water partition coefficient (Wildman–Crippen LogP) is 1.01. The van der Waals surface area contributed by atoms with Crippen molar-refractivity contribution < 1.29 is 19.1 Å². The summed E-state index contributed by atoms with van der Waals surface area (Å²) in [6, 6.07) is 9.27. The average molecular weight is 360 g/mol. The van der Waals surface area contributed by atoms with Crippen molar-refractivity contribution in [2.45, 2.75) is 6.04 Å². The predicted molar refractivity (Wildman–Crippen MR) is 94.5 cm³/mol. The molecule has 2 aliphatic rings. The van der Waals surface area contributed by atoms with E-state index in [0.29, 0.717) is 26.2 Å². The zero-order valence-electron chi connectivity index (χ0n) is 15.1. The number of carbonyl (C=O) groups excluding carboxylic acids is 3. The van der Waals surface area contributed by atoms with Crippen LogP contribution in [-0.4, -0.2) is 91.1 Å². The molecular weight excluding hydrogens is 336 g/mol. The smallest absolute Gasteiger partial charge is 0.410 e. The highest BCUT2D eigenvalue weighted by molar-refractivity contribution is 5.83. The van der Waals surface area contributed by atoms with Crippen molar-refractivity contribution >= 4 is 18.0 Å². The molecule has 0 aromatic heterocycles. The van der Waals surface area contributed by atoms with Crippen LogP contribution in [0.4, 0.5) is 9.59 Å². The lowest BCUT2D eigenvalue weighted by atomic mass is 10.1. The van der Waals surface area contributed by atoms with E-state index in [1.54, 1.807) is 23.9 Å². The number of cyclic esters (lactones) is 1. The maximum absolute atomic E-state index is 12.6. The number of urea groups is 1. The van der Waals surface area contributed by atoms with Gasteiger partial charge in [0.2, 0.25) is 5.91 Å². The molecule has 0 spiro atoms. The summed E-state index contributed by atoms with van der Waals surface area (Å²) in [4.78, 5) is 43.1. The van der Waals surface area contributed by atoms with Gasteiger partial charge in [-0.15, -0.1) is 0 Å². The van der Waals surface area contributed by atoms with Crippen molar-refractivity contribution in [1.82, 2.24) is 19.6 Å². The second-order valence-electron chi connectivity index (χ2n) is 6.68. The molecule has 2 fully saturated rings. The molecule has 0 N–H and O–H groups in total. The van der Waals surface area contributed by atoms with E-state index in [0.717, 1.165) is 5.56 Å². The fourth-order valence-corrected chi connectivity index (χ4v) is 3.25. The molecule has 2 saturated heterocycles. The summed E-state index contributed by atoms with van der Waals surface area (Å²) >= 11 is 0. The van der Waals surface area contributed by atoms with E-state index < -0.39 is 6.09 Å². The molecule has 1 aromatic rings. The second kappa shape index (κ2) is 7.63. The Morgan fingerprint density at radius 1 is 1.08 bits per heavy atom. The molecule has 0 aliphatic carbocycles. The highest BCUT2D eigenvalue weighted by atomic mass is 16.6. The van der Waals surface area contributed by atoms with Crippen LogP contribution in [0.2, 0.25) is 0 Å². The Morgan fingerprint density at radius 3 is 2.31 bits per heavy atom. The second-order valence-corrected chi connectivity index (χ2v) is 6.68. The molecule has 0 saturated carbocycles. The third-order valence-electron chi connectivity index (χ3n) is 4.75. The van der Waals surface area contributed by atoms with Crippen LogP contribution in [-0.2, 0) is 9.53 Å². The molecule has 0 radical (unpaired) electrons. The SMILES string of the molecule is CN(C)C(=O)N1CCN(C(=O)CN2C(=O)OCC2c2ccccc2)CC1. The molecule has 2 heterocycles. The highest BCUT2D eigenvalue weighted by Gasteiger charge is 2.36. The molecule has 26 heavy (non-hydrogen) atoms. The first kappa shape index (κ1) is 18.0. The van der Waals surface area contributed by atoms with E-state index in [1.165, 1.54) is 9.80 Å². The minimum Gasteiger partial charge on any atom is -0.447 e. The van der Waals surface area contributed by atoms with Gasteiger partial charge in [-0.2, -0.15) is 0 Å². The molecule has 1 atom stereocenters. The molecule has 140 valence electrons. The number of piperazine rings is 1. The lowest BCUT2D eigenvalue weighted by Crippen LogP contribution is -2.54. The first-order chi connectivity index (χ1) is 12.5. The fourth-order valence-electron chi connectivity index (χ4n) is 3.25. The summed E-state index contributed by atoms with van der Waals surface area (Å²) in [7, 11) is 3.42. The van der Waals surface area contributed by atoms with E-state index in [4.69, 9.17) is 4.74 Å². The Kier molecular flexibility index (Phi) is 5.29. The van der Waals surface area contributed by atoms with Gasteiger partial charge in [0.1, 0.15) is 13.2 Å². The van der Waals surface area contributed by atoms with Gasteiger partial charge in [-0.25, -0.2) is 9.59 Å². The zero-order chi connectivity index (χ0) is 18.7. The minimum atomic E-state index is -0.464. The van der Waals surface area contributed by atoms with Crippen LogP contribution in [0.25, 0.3) is 0 Å². The minimum absolute atomic E-state index is 0.0139. The lowest BCUT2D eigenvalue weighted by molar-refractivity contribution is -0.133.